The number of hydrogen-bond acceptors (Lipinski definition) is 3. The lowest BCUT2D eigenvalue weighted by atomic mass is 9.85. The number of nitrogens with zero attached hydrogens (tertiary/aromatic N) is 2. The fourth-order valence-electron chi connectivity index (χ4n) is 3.00. The monoisotopic (exact) mass is 281 g/mol. The minimum absolute atomic E-state index is 0.0753. The van der Waals surface area contributed by atoms with E-state index in [9.17, 15) is 9.59 Å². The predicted octanol–water partition coefficient (Wildman–Crippen LogP) is 0.845. The predicted molar refractivity (Wildman–Crippen MR) is 78.3 cm³/mol. The highest BCUT2D eigenvalue weighted by molar-refractivity contribution is 5.89. The summed E-state index contributed by atoms with van der Waals surface area (Å²) in [5.74, 6) is 0.881. The van der Waals surface area contributed by atoms with Crippen LogP contribution in [0.1, 0.15) is 39.5 Å². The fraction of sp³-hybridized carbons (Fsp3) is 0.867. The largest absolute Gasteiger partial charge is 0.343 e. The Hall–Kier alpha value is -1.10. The normalized spacial score (nSPS) is 23.6. The maximum absolute atomic E-state index is 12.4. The number of amides is 2. The van der Waals surface area contributed by atoms with Gasteiger partial charge in [-0.05, 0) is 32.6 Å². The first-order valence-corrected chi connectivity index (χ1v) is 7.95. The van der Waals surface area contributed by atoms with Gasteiger partial charge in [0, 0.05) is 32.7 Å². The van der Waals surface area contributed by atoms with E-state index in [1.807, 2.05) is 18.7 Å². The van der Waals surface area contributed by atoms with Crippen molar-refractivity contribution in [3.63, 3.8) is 0 Å². The van der Waals surface area contributed by atoms with E-state index in [-0.39, 0.29) is 17.9 Å². The van der Waals surface area contributed by atoms with Crippen LogP contribution in [-0.4, -0.2) is 60.4 Å². The van der Waals surface area contributed by atoms with Gasteiger partial charge in [0.05, 0.1) is 12.5 Å². The molecule has 2 aliphatic rings. The molecule has 1 heterocycles. The van der Waals surface area contributed by atoms with Crippen LogP contribution in [-0.2, 0) is 9.59 Å². The lowest BCUT2D eigenvalue weighted by Crippen LogP contribution is -2.57. The van der Waals surface area contributed by atoms with E-state index < -0.39 is 0 Å². The molecule has 0 bridgehead atoms. The topological polar surface area (TPSA) is 52.7 Å². The third-order valence-electron chi connectivity index (χ3n) is 4.58. The molecule has 0 radical (unpaired) electrons. The van der Waals surface area contributed by atoms with E-state index in [1.165, 1.54) is 19.3 Å². The molecule has 1 saturated carbocycles. The summed E-state index contributed by atoms with van der Waals surface area (Å²) >= 11 is 0. The van der Waals surface area contributed by atoms with Crippen LogP contribution < -0.4 is 5.32 Å². The van der Waals surface area contributed by atoms with E-state index in [1.54, 1.807) is 4.90 Å². The summed E-state index contributed by atoms with van der Waals surface area (Å²) in [5, 5.41) is 3.20. The Labute approximate surface area is 121 Å². The van der Waals surface area contributed by atoms with Crippen LogP contribution >= 0.6 is 0 Å². The third kappa shape index (κ3) is 3.51. The third-order valence-corrected chi connectivity index (χ3v) is 4.58. The van der Waals surface area contributed by atoms with Gasteiger partial charge in [-0.3, -0.25) is 9.59 Å². The molecule has 2 rings (SSSR count). The summed E-state index contributed by atoms with van der Waals surface area (Å²) in [4.78, 5) is 28.3. The number of hydrogen-bond donors (Lipinski definition) is 1. The molecule has 5 nitrogen and oxygen atoms in total. The van der Waals surface area contributed by atoms with Crippen LogP contribution in [0, 0.1) is 5.92 Å². The minimum atomic E-state index is -0.322. The van der Waals surface area contributed by atoms with Gasteiger partial charge < -0.3 is 15.1 Å². The Bertz CT molecular complexity index is 351. The van der Waals surface area contributed by atoms with E-state index in [0.29, 0.717) is 25.4 Å². The first-order valence-electron chi connectivity index (χ1n) is 7.95. The molecule has 0 aromatic heterocycles. The van der Waals surface area contributed by atoms with Gasteiger partial charge in [-0.25, -0.2) is 0 Å². The molecular formula is C15H27N3O2. The molecule has 114 valence electrons. The molecule has 5 heteroatoms. The number of carbonyl (C=O) groups excluding carboxylic acids is 2. The minimum Gasteiger partial charge on any atom is -0.343 e. The molecule has 1 aliphatic heterocycles. The van der Waals surface area contributed by atoms with Crippen LogP contribution in [0.25, 0.3) is 0 Å². The molecular weight excluding hydrogens is 254 g/mol. The first-order chi connectivity index (χ1) is 9.65. The standard InChI is InChI=1S/C15H27N3O2/c1-3-17(4-2)14(19)10-13-15(20)18(9-8-16-13)11-12-6-5-7-12/h12-13,16H,3-11H2,1-2H3. The highest BCUT2D eigenvalue weighted by Gasteiger charge is 2.33. The lowest BCUT2D eigenvalue weighted by Gasteiger charge is -2.38. The second-order valence-electron chi connectivity index (χ2n) is 5.86. The van der Waals surface area contributed by atoms with Crippen molar-refractivity contribution in [2.24, 2.45) is 5.92 Å². The Balaban J connectivity index is 1.87. The average molecular weight is 281 g/mol. The van der Waals surface area contributed by atoms with Crippen LogP contribution in [0.2, 0.25) is 0 Å². The second-order valence-corrected chi connectivity index (χ2v) is 5.86. The summed E-state index contributed by atoms with van der Waals surface area (Å²) < 4.78 is 0. The van der Waals surface area contributed by atoms with Crippen LogP contribution in [0.5, 0.6) is 0 Å². The Morgan fingerprint density at radius 2 is 2.05 bits per heavy atom. The van der Waals surface area contributed by atoms with Crippen molar-refractivity contribution in [3.05, 3.63) is 0 Å². The zero-order valence-corrected chi connectivity index (χ0v) is 12.7. The van der Waals surface area contributed by atoms with Crippen LogP contribution in [0.3, 0.4) is 0 Å². The molecule has 1 N–H and O–H groups in total. The lowest BCUT2D eigenvalue weighted by molar-refractivity contribution is -0.141. The van der Waals surface area contributed by atoms with E-state index in [0.717, 1.165) is 19.6 Å². The fourth-order valence-corrected chi connectivity index (χ4v) is 3.00. The maximum Gasteiger partial charge on any atom is 0.240 e. The Kier molecular flexibility index (Phi) is 5.40. The highest BCUT2D eigenvalue weighted by Crippen LogP contribution is 2.27. The molecule has 1 atom stereocenters. The van der Waals surface area contributed by atoms with Crippen molar-refractivity contribution < 1.29 is 9.59 Å². The Morgan fingerprint density at radius 1 is 1.35 bits per heavy atom. The van der Waals surface area contributed by atoms with Gasteiger partial charge in [0.25, 0.3) is 0 Å². The summed E-state index contributed by atoms with van der Waals surface area (Å²) in [6, 6.07) is -0.322. The van der Waals surface area contributed by atoms with E-state index in [2.05, 4.69) is 5.32 Å². The van der Waals surface area contributed by atoms with Crippen molar-refractivity contribution in [1.29, 1.82) is 0 Å². The van der Waals surface area contributed by atoms with Gasteiger partial charge >= 0.3 is 0 Å². The van der Waals surface area contributed by atoms with Crippen LogP contribution in [0.4, 0.5) is 0 Å². The molecule has 0 aromatic carbocycles. The number of nitrogens with one attached hydrogen (secondary N) is 1. The quantitative estimate of drug-likeness (QED) is 0.785. The van der Waals surface area contributed by atoms with Crippen molar-refractivity contribution >= 4 is 11.8 Å². The number of rotatable bonds is 6. The molecule has 1 saturated heterocycles. The molecule has 2 amide bonds. The van der Waals surface area contributed by atoms with Crippen molar-refractivity contribution in [3.8, 4) is 0 Å². The van der Waals surface area contributed by atoms with Gasteiger partial charge in [0.15, 0.2) is 0 Å². The molecule has 20 heavy (non-hydrogen) atoms. The summed E-state index contributed by atoms with van der Waals surface area (Å²) in [6.45, 7) is 7.83. The Morgan fingerprint density at radius 3 is 2.60 bits per heavy atom. The van der Waals surface area contributed by atoms with Gasteiger partial charge in [-0.1, -0.05) is 6.42 Å². The van der Waals surface area contributed by atoms with E-state index >= 15 is 0 Å². The van der Waals surface area contributed by atoms with Gasteiger partial charge in [0.1, 0.15) is 0 Å². The molecule has 1 aliphatic carbocycles. The average Bonchev–Trinajstić information content (AvgIpc) is 2.39. The number of piperazine rings is 1. The molecule has 0 spiro atoms. The van der Waals surface area contributed by atoms with Gasteiger partial charge in [-0.2, -0.15) is 0 Å². The first kappa shape index (κ1) is 15.3. The van der Waals surface area contributed by atoms with Crippen molar-refractivity contribution in [2.45, 2.75) is 45.6 Å². The van der Waals surface area contributed by atoms with Gasteiger partial charge in [0.2, 0.25) is 11.8 Å². The molecule has 1 unspecified atom stereocenters. The SMILES string of the molecule is CCN(CC)C(=O)CC1NCCN(CC2CCC2)C1=O. The van der Waals surface area contributed by atoms with Crippen molar-refractivity contribution in [2.75, 3.05) is 32.7 Å². The summed E-state index contributed by atoms with van der Waals surface area (Å²) in [6.07, 6.45) is 4.09. The molecule has 0 aromatic rings. The van der Waals surface area contributed by atoms with Gasteiger partial charge in [-0.15, -0.1) is 0 Å². The van der Waals surface area contributed by atoms with Crippen molar-refractivity contribution in [1.82, 2.24) is 15.1 Å². The maximum atomic E-state index is 12.4. The zero-order valence-electron chi connectivity index (χ0n) is 12.7. The van der Waals surface area contributed by atoms with E-state index in [4.69, 9.17) is 0 Å². The van der Waals surface area contributed by atoms with Crippen LogP contribution in [0.15, 0.2) is 0 Å². The second kappa shape index (κ2) is 7.07. The summed E-state index contributed by atoms with van der Waals surface area (Å²) in [7, 11) is 0. The summed E-state index contributed by atoms with van der Waals surface area (Å²) in [5.41, 5.74) is 0. The highest BCUT2D eigenvalue weighted by atomic mass is 16.2. The smallest absolute Gasteiger partial charge is 0.240 e. The zero-order chi connectivity index (χ0) is 14.5. The molecule has 2 fully saturated rings. The number of carbonyl (C=O) groups is 2.